The second-order valence-corrected chi connectivity index (χ2v) is 2.30. The molecule has 3 nitrogen and oxygen atoms in total. The van der Waals surface area contributed by atoms with E-state index >= 15 is 0 Å². The largest absolute Gasteiger partial charge is 0.464 e. The van der Waals surface area contributed by atoms with Gasteiger partial charge in [-0.1, -0.05) is 5.92 Å². The average Bonchev–Trinajstić information content (AvgIpc) is 2.45. The van der Waals surface area contributed by atoms with Crippen LogP contribution in [0.4, 0.5) is 0 Å². The minimum atomic E-state index is -0.376. The molecular formula is C9H9NO2. The summed E-state index contributed by atoms with van der Waals surface area (Å²) in [5.41, 5.74) is 1.13. The standard InChI is InChI=1S/C9H9NO2/c1-4-7-5-6-8(10(7)2)9(11)12-3/h1,5-6H,2-3H3. The van der Waals surface area contributed by atoms with Crippen molar-refractivity contribution >= 4 is 5.97 Å². The summed E-state index contributed by atoms with van der Waals surface area (Å²) in [7, 11) is 3.06. The lowest BCUT2D eigenvalue weighted by molar-refractivity contribution is 0.0590. The van der Waals surface area contributed by atoms with Gasteiger partial charge >= 0.3 is 5.97 Å². The fraction of sp³-hybridized carbons (Fsp3) is 0.222. The Labute approximate surface area is 70.9 Å². The van der Waals surface area contributed by atoms with Gasteiger partial charge in [0.1, 0.15) is 5.69 Å². The lowest BCUT2D eigenvalue weighted by Crippen LogP contribution is -2.08. The number of hydrogen-bond donors (Lipinski definition) is 0. The topological polar surface area (TPSA) is 31.2 Å². The Morgan fingerprint density at radius 3 is 2.75 bits per heavy atom. The third-order valence-electron chi connectivity index (χ3n) is 1.66. The van der Waals surface area contributed by atoms with Crippen LogP contribution < -0.4 is 0 Å². The maximum atomic E-state index is 11.1. The highest BCUT2D eigenvalue weighted by molar-refractivity contribution is 5.88. The molecule has 0 N–H and O–H groups in total. The van der Waals surface area contributed by atoms with Crippen molar-refractivity contribution in [2.24, 2.45) is 7.05 Å². The van der Waals surface area contributed by atoms with Gasteiger partial charge in [0, 0.05) is 7.05 Å². The lowest BCUT2D eigenvalue weighted by Gasteiger charge is -2.00. The Morgan fingerprint density at radius 1 is 1.67 bits per heavy atom. The monoisotopic (exact) mass is 163 g/mol. The van der Waals surface area contributed by atoms with Crippen LogP contribution in [-0.4, -0.2) is 17.6 Å². The van der Waals surface area contributed by atoms with Gasteiger partial charge in [-0.25, -0.2) is 4.79 Å². The molecule has 0 atom stereocenters. The van der Waals surface area contributed by atoms with Crippen LogP contribution in [0.1, 0.15) is 16.2 Å². The van der Waals surface area contributed by atoms with Crippen LogP contribution >= 0.6 is 0 Å². The van der Waals surface area contributed by atoms with Crippen LogP contribution in [0.15, 0.2) is 12.1 Å². The fourth-order valence-corrected chi connectivity index (χ4v) is 0.966. The fourth-order valence-electron chi connectivity index (χ4n) is 0.966. The molecule has 0 unspecified atom stereocenters. The first-order chi connectivity index (χ1) is 5.70. The maximum absolute atomic E-state index is 11.1. The van der Waals surface area contributed by atoms with Crippen molar-refractivity contribution in [3.8, 4) is 12.3 Å². The number of hydrogen-bond acceptors (Lipinski definition) is 2. The molecule has 0 spiro atoms. The highest BCUT2D eigenvalue weighted by atomic mass is 16.5. The third kappa shape index (κ3) is 1.19. The highest BCUT2D eigenvalue weighted by Gasteiger charge is 2.10. The molecule has 12 heavy (non-hydrogen) atoms. The van der Waals surface area contributed by atoms with Gasteiger partial charge in [-0.2, -0.15) is 0 Å². The first-order valence-corrected chi connectivity index (χ1v) is 3.41. The Hall–Kier alpha value is -1.69. The summed E-state index contributed by atoms with van der Waals surface area (Å²) >= 11 is 0. The zero-order valence-corrected chi connectivity index (χ0v) is 7.00. The van der Waals surface area contributed by atoms with Crippen molar-refractivity contribution in [3.63, 3.8) is 0 Å². The third-order valence-corrected chi connectivity index (χ3v) is 1.66. The van der Waals surface area contributed by atoms with E-state index in [-0.39, 0.29) is 5.97 Å². The minimum Gasteiger partial charge on any atom is -0.464 e. The number of carbonyl (C=O) groups is 1. The second-order valence-electron chi connectivity index (χ2n) is 2.30. The zero-order chi connectivity index (χ0) is 9.14. The molecule has 0 aliphatic heterocycles. The van der Waals surface area contributed by atoms with Crippen molar-refractivity contribution in [1.29, 1.82) is 0 Å². The number of ether oxygens (including phenoxy) is 1. The summed E-state index contributed by atoms with van der Waals surface area (Å²) in [6, 6.07) is 3.34. The summed E-state index contributed by atoms with van der Waals surface area (Å²) in [5, 5.41) is 0. The van der Waals surface area contributed by atoms with Crippen molar-refractivity contribution in [3.05, 3.63) is 23.5 Å². The van der Waals surface area contributed by atoms with E-state index in [0.717, 1.165) is 0 Å². The number of nitrogens with zero attached hydrogens (tertiary/aromatic N) is 1. The molecule has 0 saturated heterocycles. The number of rotatable bonds is 1. The quantitative estimate of drug-likeness (QED) is 0.453. The molecule has 0 aromatic carbocycles. The average molecular weight is 163 g/mol. The first-order valence-electron chi connectivity index (χ1n) is 3.41. The van der Waals surface area contributed by atoms with E-state index in [2.05, 4.69) is 10.7 Å². The number of methoxy groups -OCH3 is 1. The van der Waals surface area contributed by atoms with Gasteiger partial charge in [-0.05, 0) is 12.1 Å². The van der Waals surface area contributed by atoms with Gasteiger partial charge in [0.15, 0.2) is 0 Å². The predicted molar refractivity (Wildman–Crippen MR) is 44.7 cm³/mol. The number of esters is 1. The lowest BCUT2D eigenvalue weighted by atomic mass is 10.4. The smallest absolute Gasteiger partial charge is 0.354 e. The molecule has 0 amide bonds. The molecule has 0 aliphatic carbocycles. The van der Waals surface area contributed by atoms with E-state index in [1.807, 2.05) is 0 Å². The summed E-state index contributed by atoms with van der Waals surface area (Å²) in [6.07, 6.45) is 5.18. The molecule has 0 saturated carbocycles. The van der Waals surface area contributed by atoms with Gasteiger partial charge in [0.05, 0.1) is 12.8 Å². The highest BCUT2D eigenvalue weighted by Crippen LogP contribution is 2.06. The molecule has 3 heteroatoms. The van der Waals surface area contributed by atoms with E-state index in [0.29, 0.717) is 11.4 Å². The van der Waals surface area contributed by atoms with Crippen LogP contribution in [0, 0.1) is 12.3 Å². The molecular weight excluding hydrogens is 154 g/mol. The van der Waals surface area contributed by atoms with Gasteiger partial charge in [-0.15, -0.1) is 6.42 Å². The van der Waals surface area contributed by atoms with Crippen molar-refractivity contribution in [2.75, 3.05) is 7.11 Å². The van der Waals surface area contributed by atoms with Crippen LogP contribution in [0.3, 0.4) is 0 Å². The molecule has 1 heterocycles. The Morgan fingerprint density at radius 2 is 2.33 bits per heavy atom. The zero-order valence-electron chi connectivity index (χ0n) is 7.00. The van der Waals surface area contributed by atoms with Crippen LogP contribution in [0.5, 0.6) is 0 Å². The van der Waals surface area contributed by atoms with Crippen molar-refractivity contribution in [1.82, 2.24) is 4.57 Å². The molecule has 0 bridgehead atoms. The van der Waals surface area contributed by atoms with E-state index in [1.54, 1.807) is 23.7 Å². The summed E-state index contributed by atoms with van der Waals surface area (Å²) in [4.78, 5) is 11.1. The minimum absolute atomic E-state index is 0.376. The molecule has 1 aromatic rings. The Kier molecular flexibility index (Phi) is 2.20. The Bertz CT molecular complexity index is 344. The van der Waals surface area contributed by atoms with Gasteiger partial charge in [-0.3, -0.25) is 0 Å². The van der Waals surface area contributed by atoms with E-state index < -0.39 is 0 Å². The van der Waals surface area contributed by atoms with Crippen LogP contribution in [-0.2, 0) is 11.8 Å². The van der Waals surface area contributed by atoms with Gasteiger partial charge in [0.25, 0.3) is 0 Å². The summed E-state index contributed by atoms with van der Waals surface area (Å²) in [5.74, 6) is 2.07. The number of carbonyl (C=O) groups excluding carboxylic acids is 1. The molecule has 0 radical (unpaired) electrons. The molecule has 62 valence electrons. The van der Waals surface area contributed by atoms with E-state index in [9.17, 15) is 4.79 Å². The van der Waals surface area contributed by atoms with Crippen molar-refractivity contribution < 1.29 is 9.53 Å². The van der Waals surface area contributed by atoms with Gasteiger partial charge < -0.3 is 9.30 Å². The summed E-state index contributed by atoms with van der Waals surface area (Å²) < 4.78 is 6.16. The predicted octanol–water partition coefficient (Wildman–Crippen LogP) is 0.793. The molecule has 0 aliphatic rings. The Balaban J connectivity index is 3.12. The molecule has 1 rings (SSSR count). The number of terminal acetylenes is 1. The van der Waals surface area contributed by atoms with E-state index in [1.165, 1.54) is 7.11 Å². The second kappa shape index (κ2) is 3.14. The van der Waals surface area contributed by atoms with E-state index in [4.69, 9.17) is 6.42 Å². The molecule has 1 aromatic heterocycles. The van der Waals surface area contributed by atoms with Gasteiger partial charge in [0.2, 0.25) is 0 Å². The first kappa shape index (κ1) is 8.41. The van der Waals surface area contributed by atoms with Crippen LogP contribution in [0.2, 0.25) is 0 Å². The van der Waals surface area contributed by atoms with Crippen LogP contribution in [0.25, 0.3) is 0 Å². The SMILES string of the molecule is C#Cc1ccc(C(=O)OC)n1C. The summed E-state index contributed by atoms with van der Waals surface area (Å²) in [6.45, 7) is 0. The van der Waals surface area contributed by atoms with Crippen molar-refractivity contribution in [2.45, 2.75) is 0 Å². The normalized spacial score (nSPS) is 9.08. The maximum Gasteiger partial charge on any atom is 0.354 e. The number of aromatic nitrogens is 1. The molecule has 0 fully saturated rings.